The van der Waals surface area contributed by atoms with Crippen LogP contribution in [0.1, 0.15) is 121 Å². The fourth-order valence-electron chi connectivity index (χ4n) is 16.8. The quantitative estimate of drug-likeness (QED) is 0.0506. The van der Waals surface area contributed by atoms with Gasteiger partial charge in [0.1, 0.15) is 54.9 Å². The Hall–Kier alpha value is -3.06. The molecule has 8 fully saturated rings. The summed E-state index contributed by atoms with van der Waals surface area (Å²) in [4.78, 5) is 49.0. The van der Waals surface area contributed by atoms with E-state index in [1.54, 1.807) is 0 Å². The summed E-state index contributed by atoms with van der Waals surface area (Å²) in [5, 5.41) is 111. The maximum atomic E-state index is 12.4. The number of aliphatic hydroxyl groups is 9. The molecule has 25 nitrogen and oxygen atoms in total. The Morgan fingerprint density at radius 3 is 1.83 bits per heavy atom. The molecule has 0 radical (unpaired) electrons. The highest BCUT2D eigenvalue weighted by Crippen LogP contribution is 2.76. The van der Waals surface area contributed by atoms with Crippen LogP contribution < -0.4 is 0 Å². The summed E-state index contributed by atoms with van der Waals surface area (Å²) in [5.74, 6) is -4.05. The molecule has 0 aromatic carbocycles. The molecule has 0 unspecified atom stereocenters. The second-order valence-corrected chi connectivity index (χ2v) is 26.8. The molecule has 0 amide bonds. The fraction of sp³-hybridized carbons (Fsp3) is 0.895. The van der Waals surface area contributed by atoms with Crippen LogP contribution in [0.25, 0.3) is 0 Å². The first-order chi connectivity index (χ1) is 38.3. The van der Waals surface area contributed by atoms with Crippen LogP contribution in [-0.2, 0) is 71.3 Å². The van der Waals surface area contributed by atoms with Gasteiger partial charge in [0.05, 0.1) is 44.7 Å². The van der Waals surface area contributed by atoms with E-state index in [9.17, 15) is 70.2 Å². The molecule has 82 heavy (non-hydrogen) atoms. The van der Waals surface area contributed by atoms with Crippen molar-refractivity contribution in [3.05, 3.63) is 11.6 Å². The predicted molar refractivity (Wildman–Crippen MR) is 277 cm³/mol. The van der Waals surface area contributed by atoms with E-state index in [0.717, 1.165) is 27.2 Å². The lowest BCUT2D eigenvalue weighted by Crippen LogP contribution is -2.69. The van der Waals surface area contributed by atoms with E-state index in [1.165, 1.54) is 5.57 Å². The largest absolute Gasteiger partial charge is 0.479 e. The zero-order valence-corrected chi connectivity index (χ0v) is 48.4. The number of aliphatic carboxylic acids is 1. The lowest BCUT2D eigenvalue weighted by atomic mass is 9.33. The minimum absolute atomic E-state index is 0.0968. The van der Waals surface area contributed by atoms with Crippen molar-refractivity contribution in [3.8, 4) is 0 Å². The highest BCUT2D eigenvalue weighted by molar-refractivity contribution is 5.73. The van der Waals surface area contributed by atoms with Crippen LogP contribution in [0.2, 0.25) is 0 Å². The number of hydrogen-bond acceptors (Lipinski definition) is 24. The number of carboxylic acids is 1. The van der Waals surface area contributed by atoms with Crippen molar-refractivity contribution >= 4 is 23.9 Å². The molecule has 5 aliphatic carbocycles. The van der Waals surface area contributed by atoms with Gasteiger partial charge in [0, 0.05) is 31.6 Å². The molecule has 4 aliphatic heterocycles. The Balaban J connectivity index is 0.949. The Morgan fingerprint density at radius 2 is 1.20 bits per heavy atom. The number of carboxylic acid groups (broad SMARTS) is 1. The molecule has 25 heteroatoms. The molecular weight excluding hydrogens is 1080 g/mol. The molecule has 4 saturated carbocycles. The van der Waals surface area contributed by atoms with Crippen molar-refractivity contribution in [1.82, 2.24) is 0 Å². The van der Waals surface area contributed by atoms with Crippen LogP contribution in [0.4, 0.5) is 0 Å². The molecule has 4 saturated heterocycles. The molecular formula is C57H88O25. The van der Waals surface area contributed by atoms with Crippen molar-refractivity contribution in [2.45, 2.75) is 243 Å². The summed E-state index contributed by atoms with van der Waals surface area (Å²) in [6.07, 6.45) is -22.7. The lowest BCUT2D eigenvalue weighted by Gasteiger charge is -2.72. The summed E-state index contributed by atoms with van der Waals surface area (Å²) >= 11 is 0. The van der Waals surface area contributed by atoms with Crippen molar-refractivity contribution in [2.75, 3.05) is 26.4 Å². The van der Waals surface area contributed by atoms with Gasteiger partial charge < -0.3 is 103 Å². The average molecular weight is 1170 g/mol. The second kappa shape index (κ2) is 23.2. The zero-order chi connectivity index (χ0) is 60.1. The first kappa shape index (κ1) is 63.4. The zero-order valence-electron chi connectivity index (χ0n) is 48.4. The first-order valence-corrected chi connectivity index (χ1v) is 28.9. The summed E-state index contributed by atoms with van der Waals surface area (Å²) in [6.45, 7) is 16.9. The number of rotatable bonds is 13. The molecule has 9 aliphatic rings. The molecule has 10 N–H and O–H groups in total. The van der Waals surface area contributed by atoms with E-state index >= 15 is 0 Å². The van der Waals surface area contributed by atoms with Crippen molar-refractivity contribution in [3.63, 3.8) is 0 Å². The number of ether oxygens (including phenoxy) is 11. The third-order valence-corrected chi connectivity index (χ3v) is 21.5. The Bertz CT molecular complexity index is 2390. The highest BCUT2D eigenvalue weighted by Gasteiger charge is 2.71. The molecule has 0 aromatic heterocycles. The maximum absolute atomic E-state index is 12.4. The predicted octanol–water partition coefficient (Wildman–Crippen LogP) is 0.102. The van der Waals surface area contributed by atoms with Crippen LogP contribution in [0.15, 0.2) is 11.6 Å². The van der Waals surface area contributed by atoms with Gasteiger partial charge in [-0.2, -0.15) is 0 Å². The van der Waals surface area contributed by atoms with Gasteiger partial charge in [-0.1, -0.05) is 60.1 Å². The molecule has 0 bridgehead atoms. The molecule has 9 rings (SSSR count). The molecule has 466 valence electrons. The van der Waals surface area contributed by atoms with Crippen LogP contribution in [0, 0.1) is 50.2 Å². The number of fused-ring (bicyclic) bond motifs is 7. The Morgan fingerprint density at radius 1 is 0.585 bits per heavy atom. The number of carbonyl (C=O) groups is 4. The van der Waals surface area contributed by atoms with E-state index in [2.05, 4.69) is 33.8 Å². The van der Waals surface area contributed by atoms with Gasteiger partial charge in [0.15, 0.2) is 49.6 Å². The lowest BCUT2D eigenvalue weighted by molar-refractivity contribution is -0.367. The molecule has 4 heterocycles. The van der Waals surface area contributed by atoms with Crippen molar-refractivity contribution < 1.29 is 122 Å². The van der Waals surface area contributed by atoms with Crippen LogP contribution >= 0.6 is 0 Å². The van der Waals surface area contributed by atoms with Crippen LogP contribution in [0.3, 0.4) is 0 Å². The van der Waals surface area contributed by atoms with Gasteiger partial charge in [0.2, 0.25) is 0 Å². The summed E-state index contributed by atoms with van der Waals surface area (Å²) in [7, 11) is 0. The van der Waals surface area contributed by atoms with Crippen molar-refractivity contribution in [1.29, 1.82) is 0 Å². The van der Waals surface area contributed by atoms with Gasteiger partial charge in [-0.15, -0.1) is 0 Å². The van der Waals surface area contributed by atoms with Gasteiger partial charge in [-0.25, -0.2) is 4.79 Å². The van der Waals surface area contributed by atoms with E-state index in [-0.39, 0.29) is 53.8 Å². The van der Waals surface area contributed by atoms with Gasteiger partial charge in [-0.3, -0.25) is 14.4 Å². The van der Waals surface area contributed by atoms with Crippen LogP contribution in [0.5, 0.6) is 0 Å². The van der Waals surface area contributed by atoms with Crippen LogP contribution in [-0.4, -0.2) is 224 Å². The minimum atomic E-state index is -1.99. The Labute approximate surface area is 476 Å². The number of hydrogen-bond donors (Lipinski definition) is 10. The maximum Gasteiger partial charge on any atom is 0.335 e. The van der Waals surface area contributed by atoms with Gasteiger partial charge in [-0.05, 0) is 90.8 Å². The molecule has 0 aromatic rings. The average Bonchev–Trinajstić information content (AvgIpc) is 1.00. The summed E-state index contributed by atoms with van der Waals surface area (Å²) < 4.78 is 65.1. The third kappa shape index (κ3) is 10.8. The van der Waals surface area contributed by atoms with E-state index in [1.807, 2.05) is 20.8 Å². The highest BCUT2D eigenvalue weighted by atomic mass is 16.8. The SMILES string of the molecule is CC(=O)O[C@@H]1[C@@H](OC(C)=O)[C@H](O[C@@H]2[C@@H](O)[C@H](O[C@@H]3[C@H](O)C(C)(C)C[C@H]4C5=CC[C@@H]6[C@@]7(C)CC[C@H](O[C@@H]8O[C@H](C(=O)O)[C@@H](O)[C@H](O)[C@H]8O[C@@H]8OC[C@@H](O)[C@H](O)[C@H]8O)[C@](C)(CO)[C@@H]7CC[C@@]6(C)[C@]5(C)CC[C@@]34C)OC[C@@H]2O)OC[C@H]1OC(C)=O. The molecule has 28 atom stereocenters. The minimum Gasteiger partial charge on any atom is -0.479 e. The van der Waals surface area contributed by atoms with E-state index < -0.39 is 170 Å². The van der Waals surface area contributed by atoms with Gasteiger partial charge >= 0.3 is 23.9 Å². The number of esters is 3. The number of allylic oxidation sites excluding steroid dienone is 2. The first-order valence-electron chi connectivity index (χ1n) is 28.9. The topological polar surface area (TPSA) is 372 Å². The Kier molecular flexibility index (Phi) is 18.0. The normalized spacial score (nSPS) is 50.9. The summed E-state index contributed by atoms with van der Waals surface area (Å²) in [6, 6.07) is 0. The number of carbonyl (C=O) groups excluding carboxylic acids is 3. The van der Waals surface area contributed by atoms with Gasteiger partial charge in [0.25, 0.3) is 0 Å². The standard InChI is InChI=1S/C57H88O25/c1-24(59)75-31-22-74-50(44(77-26(3)61)41(31)76-25(2)60)79-40-30(63)21-73-49(39(40)68)82-46-45(69)52(4,5)19-28-27-11-12-33-54(7)15-14-34(55(8,23-58)32(54)13-16-57(33,10)56(27,9)18-17-53(28,46)6)78-51-43(37(66)36(65)42(80-51)47(70)71)81-48-38(67)35(64)29(62)20-72-48/h11,28-46,48-51,58,62-69H,12-23H2,1-10H3,(H,70,71)/t28-,29+,30-,31+,32+,33+,34-,35-,36-,37-,38+,39+,40-,41-,42-,43+,44+,45-,46+,48-,49-,50-,51+,53+,54-,55+,56+,57+/m0/s1. The van der Waals surface area contributed by atoms with E-state index in [0.29, 0.717) is 44.9 Å². The second-order valence-electron chi connectivity index (χ2n) is 26.8. The monoisotopic (exact) mass is 1170 g/mol. The van der Waals surface area contributed by atoms with Crippen molar-refractivity contribution in [2.24, 2.45) is 50.2 Å². The molecule has 0 spiro atoms. The van der Waals surface area contributed by atoms with E-state index in [4.69, 9.17) is 52.1 Å². The number of aliphatic hydroxyl groups excluding tert-OH is 9. The third-order valence-electron chi connectivity index (χ3n) is 21.5. The summed E-state index contributed by atoms with van der Waals surface area (Å²) in [5.41, 5.74) is -2.16. The fourth-order valence-corrected chi connectivity index (χ4v) is 16.8. The smallest absolute Gasteiger partial charge is 0.335 e.